The third-order valence-electron chi connectivity index (χ3n) is 6.25. The number of rotatable bonds is 6. The van der Waals surface area contributed by atoms with E-state index in [0.29, 0.717) is 44.0 Å². The number of nitrogens with one attached hydrogen (secondary N) is 2. The number of esters is 1. The number of benzene rings is 1. The summed E-state index contributed by atoms with van der Waals surface area (Å²) in [7, 11) is 1.68. The molecule has 0 unspecified atom stereocenters. The van der Waals surface area contributed by atoms with Gasteiger partial charge in [-0.2, -0.15) is 0 Å². The Bertz CT molecular complexity index is 966. The van der Waals surface area contributed by atoms with Gasteiger partial charge in [0, 0.05) is 51.5 Å². The Morgan fingerprint density at radius 1 is 1.18 bits per heavy atom. The van der Waals surface area contributed by atoms with E-state index in [1.165, 1.54) is 4.90 Å². The Balaban J connectivity index is 1.90. The van der Waals surface area contributed by atoms with Gasteiger partial charge in [-0.05, 0) is 45.7 Å². The number of likely N-dealkylation sites (N-methyl/N-ethyl adjacent to an activating group) is 1. The summed E-state index contributed by atoms with van der Waals surface area (Å²) in [4.78, 5) is 43.9. The summed E-state index contributed by atoms with van der Waals surface area (Å²) < 4.78 is 5.43. The molecule has 2 aliphatic heterocycles. The fourth-order valence-corrected chi connectivity index (χ4v) is 4.44. The average Bonchev–Trinajstić information content (AvgIpc) is 2.77. The van der Waals surface area contributed by atoms with Gasteiger partial charge in [-0.15, -0.1) is 0 Å². The van der Waals surface area contributed by atoms with Crippen LogP contribution in [-0.4, -0.2) is 85.2 Å². The van der Waals surface area contributed by atoms with Crippen LogP contribution in [0.4, 0.5) is 9.59 Å². The van der Waals surface area contributed by atoms with E-state index in [0.717, 1.165) is 16.7 Å². The van der Waals surface area contributed by atoms with Crippen molar-refractivity contribution < 1.29 is 19.1 Å². The van der Waals surface area contributed by atoms with E-state index >= 15 is 0 Å². The van der Waals surface area contributed by atoms with E-state index in [9.17, 15) is 14.4 Å². The maximum absolute atomic E-state index is 13.2. The Morgan fingerprint density at radius 2 is 1.85 bits per heavy atom. The summed E-state index contributed by atoms with van der Waals surface area (Å²) in [6.07, 6.45) is 0. The van der Waals surface area contributed by atoms with Crippen molar-refractivity contribution in [1.82, 2.24) is 25.3 Å². The summed E-state index contributed by atoms with van der Waals surface area (Å²) in [6.45, 7) is 12.8. The summed E-state index contributed by atoms with van der Waals surface area (Å²) in [5.74, 6) is -0.427. The molecule has 2 aliphatic rings. The number of ether oxygens (including phenoxy) is 1. The Morgan fingerprint density at radius 3 is 2.44 bits per heavy atom. The summed E-state index contributed by atoms with van der Waals surface area (Å²) >= 11 is 0. The van der Waals surface area contributed by atoms with Crippen molar-refractivity contribution in [1.29, 1.82) is 0 Å². The number of aryl methyl sites for hydroxylation is 2. The van der Waals surface area contributed by atoms with E-state index in [-0.39, 0.29) is 24.7 Å². The van der Waals surface area contributed by atoms with E-state index < -0.39 is 12.0 Å². The summed E-state index contributed by atoms with van der Waals surface area (Å²) in [5, 5.41) is 5.92. The van der Waals surface area contributed by atoms with Gasteiger partial charge in [-0.3, -0.25) is 9.80 Å². The number of hydrogen-bond acceptors (Lipinski definition) is 5. The molecule has 186 valence electrons. The maximum Gasteiger partial charge on any atom is 0.338 e. The first kappa shape index (κ1) is 25.6. The van der Waals surface area contributed by atoms with Gasteiger partial charge in [0.1, 0.15) is 0 Å². The van der Waals surface area contributed by atoms with Gasteiger partial charge in [-0.1, -0.05) is 23.8 Å². The van der Waals surface area contributed by atoms with E-state index in [4.69, 9.17) is 4.74 Å². The first-order valence-electron chi connectivity index (χ1n) is 11.9. The van der Waals surface area contributed by atoms with Crippen LogP contribution in [0.2, 0.25) is 0 Å². The molecule has 9 heteroatoms. The van der Waals surface area contributed by atoms with Crippen LogP contribution < -0.4 is 10.6 Å². The second-order valence-electron chi connectivity index (χ2n) is 9.25. The summed E-state index contributed by atoms with van der Waals surface area (Å²) in [6, 6.07) is 5.16. The van der Waals surface area contributed by atoms with Crippen LogP contribution in [0.25, 0.3) is 0 Å². The van der Waals surface area contributed by atoms with Crippen LogP contribution in [-0.2, 0) is 9.53 Å². The standard InChI is InChI=1S/C25H37N5O4/c1-7-34-23(31)21-20(15-29-10-12-30(13-11-29)25(33)26-16(2)3)28(6)24(32)27-22(21)19-9-8-17(4)14-18(19)5/h8-9,14,16,22H,7,10-13,15H2,1-6H3,(H,26,33)(H,27,32)/t22-/m0/s1. The second kappa shape index (κ2) is 10.9. The van der Waals surface area contributed by atoms with Crippen molar-refractivity contribution in [2.45, 2.75) is 46.7 Å². The van der Waals surface area contributed by atoms with Gasteiger partial charge in [0.2, 0.25) is 0 Å². The number of carbonyl (C=O) groups excluding carboxylic acids is 3. The largest absolute Gasteiger partial charge is 0.463 e. The zero-order valence-electron chi connectivity index (χ0n) is 21.1. The fourth-order valence-electron chi connectivity index (χ4n) is 4.44. The third kappa shape index (κ3) is 5.70. The van der Waals surface area contributed by atoms with Crippen LogP contribution >= 0.6 is 0 Å². The molecule has 1 saturated heterocycles. The molecule has 2 heterocycles. The van der Waals surface area contributed by atoms with E-state index in [1.807, 2.05) is 45.9 Å². The Kier molecular flexibility index (Phi) is 8.19. The molecule has 0 radical (unpaired) electrons. The molecule has 1 aromatic rings. The predicted molar refractivity (Wildman–Crippen MR) is 130 cm³/mol. The molecule has 1 atom stereocenters. The molecule has 0 aromatic heterocycles. The lowest BCUT2D eigenvalue weighted by Crippen LogP contribution is -2.55. The maximum atomic E-state index is 13.2. The quantitative estimate of drug-likeness (QED) is 0.622. The van der Waals surface area contributed by atoms with E-state index in [1.54, 1.807) is 18.9 Å². The third-order valence-corrected chi connectivity index (χ3v) is 6.25. The molecule has 2 N–H and O–H groups in total. The SMILES string of the molecule is CCOC(=O)C1=C(CN2CCN(C(=O)NC(C)C)CC2)N(C)C(=O)N[C@H]1c1ccc(C)cc1C. The molecule has 3 rings (SSSR count). The number of hydrogen-bond donors (Lipinski definition) is 2. The number of piperazine rings is 1. The van der Waals surface area contributed by atoms with Crippen LogP contribution in [0.5, 0.6) is 0 Å². The number of carbonyl (C=O) groups is 3. The monoisotopic (exact) mass is 471 g/mol. The summed E-state index contributed by atoms with van der Waals surface area (Å²) in [5.41, 5.74) is 4.08. The lowest BCUT2D eigenvalue weighted by molar-refractivity contribution is -0.139. The zero-order chi connectivity index (χ0) is 25.0. The zero-order valence-corrected chi connectivity index (χ0v) is 21.1. The van der Waals surface area contributed by atoms with E-state index in [2.05, 4.69) is 15.5 Å². The predicted octanol–water partition coefficient (Wildman–Crippen LogP) is 2.55. The number of amides is 4. The van der Waals surface area contributed by atoms with Gasteiger partial charge in [-0.25, -0.2) is 14.4 Å². The van der Waals surface area contributed by atoms with Crippen molar-refractivity contribution >= 4 is 18.0 Å². The normalized spacial score (nSPS) is 19.4. The molecule has 1 fully saturated rings. The minimum absolute atomic E-state index is 0.0647. The highest BCUT2D eigenvalue weighted by Gasteiger charge is 2.38. The van der Waals surface area contributed by atoms with Crippen LogP contribution in [0.15, 0.2) is 29.5 Å². The van der Waals surface area contributed by atoms with Crippen molar-refractivity contribution in [2.75, 3.05) is 46.4 Å². The fraction of sp³-hybridized carbons (Fsp3) is 0.560. The highest BCUT2D eigenvalue weighted by Crippen LogP contribution is 2.33. The number of urea groups is 2. The molecule has 0 aliphatic carbocycles. The molecular weight excluding hydrogens is 434 g/mol. The molecule has 1 aromatic carbocycles. The van der Waals surface area contributed by atoms with Crippen molar-refractivity contribution in [3.63, 3.8) is 0 Å². The van der Waals surface area contributed by atoms with Gasteiger partial charge in [0.25, 0.3) is 0 Å². The van der Waals surface area contributed by atoms with Gasteiger partial charge < -0.3 is 20.3 Å². The molecule has 34 heavy (non-hydrogen) atoms. The molecule has 4 amide bonds. The van der Waals surface area contributed by atoms with Crippen molar-refractivity contribution in [3.8, 4) is 0 Å². The topological polar surface area (TPSA) is 94.2 Å². The van der Waals surface area contributed by atoms with Crippen LogP contribution in [0.1, 0.15) is 43.5 Å². The smallest absolute Gasteiger partial charge is 0.338 e. The number of nitrogens with zero attached hydrogens (tertiary/aromatic N) is 3. The molecular formula is C25H37N5O4. The molecule has 0 bridgehead atoms. The second-order valence-corrected chi connectivity index (χ2v) is 9.25. The Hall–Kier alpha value is -3.07. The van der Waals surface area contributed by atoms with Crippen LogP contribution in [0.3, 0.4) is 0 Å². The van der Waals surface area contributed by atoms with Gasteiger partial charge in [0.05, 0.1) is 18.2 Å². The average molecular weight is 472 g/mol. The molecule has 0 spiro atoms. The minimum Gasteiger partial charge on any atom is -0.463 e. The Labute approximate surface area is 202 Å². The first-order chi connectivity index (χ1) is 16.1. The van der Waals surface area contributed by atoms with Crippen molar-refractivity contribution in [3.05, 3.63) is 46.2 Å². The molecule has 0 saturated carbocycles. The molecule has 9 nitrogen and oxygen atoms in total. The van der Waals surface area contributed by atoms with Crippen LogP contribution in [0, 0.1) is 13.8 Å². The van der Waals surface area contributed by atoms with Crippen molar-refractivity contribution in [2.24, 2.45) is 0 Å². The van der Waals surface area contributed by atoms with Gasteiger partial charge >= 0.3 is 18.0 Å². The first-order valence-corrected chi connectivity index (χ1v) is 11.9. The highest BCUT2D eigenvalue weighted by molar-refractivity contribution is 5.95. The minimum atomic E-state index is -0.587. The highest BCUT2D eigenvalue weighted by atomic mass is 16.5. The lowest BCUT2D eigenvalue weighted by Gasteiger charge is -2.39. The lowest BCUT2D eigenvalue weighted by atomic mass is 9.90. The van der Waals surface area contributed by atoms with Gasteiger partial charge in [0.15, 0.2) is 0 Å².